The molecule has 1 aliphatic rings. The quantitative estimate of drug-likeness (QED) is 0.819. The Labute approximate surface area is 142 Å². The number of aliphatic hydroxyl groups excluding tert-OH is 1. The van der Waals surface area contributed by atoms with Gasteiger partial charge in [0, 0.05) is 18.8 Å². The molecule has 24 heavy (non-hydrogen) atoms. The van der Waals surface area contributed by atoms with E-state index in [1.54, 1.807) is 4.90 Å². The molecular weight excluding hydrogens is 304 g/mol. The van der Waals surface area contributed by atoms with Gasteiger partial charge >= 0.3 is 0 Å². The zero-order valence-corrected chi connectivity index (χ0v) is 13.9. The number of hydrogen-bond donors (Lipinski definition) is 1. The van der Waals surface area contributed by atoms with E-state index in [1.807, 2.05) is 48.2 Å². The molecule has 0 aliphatic carbocycles. The molecule has 0 saturated carbocycles. The summed E-state index contributed by atoms with van der Waals surface area (Å²) < 4.78 is 0. The molecule has 1 heterocycles. The number of anilines is 1. The molecule has 1 atom stereocenters. The van der Waals surface area contributed by atoms with E-state index in [1.165, 1.54) is 0 Å². The minimum absolute atomic E-state index is 0.0502. The molecule has 0 fully saturated rings. The van der Waals surface area contributed by atoms with Crippen molar-refractivity contribution >= 4 is 11.6 Å². The Bertz CT molecular complexity index is 658. The summed E-state index contributed by atoms with van der Waals surface area (Å²) in [6.07, 6.45) is 1.17. The fourth-order valence-electron chi connectivity index (χ4n) is 3.10. The van der Waals surface area contributed by atoms with Crippen molar-refractivity contribution in [1.29, 1.82) is 10.5 Å². The van der Waals surface area contributed by atoms with Crippen LogP contribution in [0, 0.1) is 22.7 Å². The second-order valence-corrected chi connectivity index (χ2v) is 6.24. The topological polar surface area (TPSA) is 91.4 Å². The van der Waals surface area contributed by atoms with E-state index >= 15 is 0 Å². The van der Waals surface area contributed by atoms with Crippen molar-refractivity contribution in [2.45, 2.75) is 31.7 Å². The van der Waals surface area contributed by atoms with Crippen molar-refractivity contribution in [3.05, 3.63) is 29.8 Å². The average molecular weight is 326 g/mol. The third-order valence-electron chi connectivity index (χ3n) is 4.48. The van der Waals surface area contributed by atoms with Crippen LogP contribution in [0.2, 0.25) is 0 Å². The van der Waals surface area contributed by atoms with Crippen LogP contribution in [0.25, 0.3) is 0 Å². The van der Waals surface area contributed by atoms with Gasteiger partial charge in [0.05, 0.1) is 43.7 Å². The Morgan fingerprint density at radius 3 is 2.50 bits per heavy atom. The van der Waals surface area contributed by atoms with Crippen LogP contribution in [0.3, 0.4) is 0 Å². The van der Waals surface area contributed by atoms with Crippen molar-refractivity contribution in [2.75, 3.05) is 31.1 Å². The maximum absolute atomic E-state index is 12.7. The smallest absolute Gasteiger partial charge is 0.242 e. The van der Waals surface area contributed by atoms with Gasteiger partial charge in [0.2, 0.25) is 5.91 Å². The monoisotopic (exact) mass is 326 g/mol. The maximum atomic E-state index is 12.7. The number of para-hydroxylation sites is 1. The van der Waals surface area contributed by atoms with Gasteiger partial charge in [-0.3, -0.25) is 4.79 Å². The minimum Gasteiger partial charge on any atom is -0.394 e. The Balaban J connectivity index is 2.18. The summed E-state index contributed by atoms with van der Waals surface area (Å²) in [5.74, 6) is -0.128. The molecule has 1 aromatic carbocycles. The lowest BCUT2D eigenvalue weighted by Crippen LogP contribution is -2.52. The van der Waals surface area contributed by atoms with Gasteiger partial charge in [-0.2, -0.15) is 10.5 Å². The standard InChI is InChI=1S/C18H22N4O2/c1-18(14-23)12-15-6-2-3-7-16(15)22(18)13-17(24)21(10-4-8-19)11-5-9-20/h2-3,6-7,23H,4-5,10-14H2,1H3. The molecule has 1 amide bonds. The number of nitrogens with zero attached hydrogens (tertiary/aromatic N) is 4. The van der Waals surface area contributed by atoms with Gasteiger partial charge < -0.3 is 14.9 Å². The van der Waals surface area contributed by atoms with E-state index in [9.17, 15) is 9.90 Å². The van der Waals surface area contributed by atoms with E-state index in [0.29, 0.717) is 19.5 Å². The second kappa shape index (κ2) is 7.81. The summed E-state index contributed by atoms with van der Waals surface area (Å²) in [5, 5.41) is 27.4. The number of aliphatic hydroxyl groups is 1. The average Bonchev–Trinajstić information content (AvgIpc) is 2.87. The van der Waals surface area contributed by atoms with Crippen LogP contribution >= 0.6 is 0 Å². The molecule has 2 rings (SSSR count). The van der Waals surface area contributed by atoms with E-state index in [-0.39, 0.29) is 31.9 Å². The predicted molar refractivity (Wildman–Crippen MR) is 90.0 cm³/mol. The number of amides is 1. The second-order valence-electron chi connectivity index (χ2n) is 6.24. The fraction of sp³-hybridized carbons (Fsp3) is 0.500. The lowest BCUT2D eigenvalue weighted by Gasteiger charge is -2.36. The normalized spacial score (nSPS) is 18.6. The van der Waals surface area contributed by atoms with Crippen LogP contribution in [-0.4, -0.2) is 47.7 Å². The van der Waals surface area contributed by atoms with E-state index in [2.05, 4.69) is 0 Å². The first kappa shape index (κ1) is 17.8. The molecule has 0 spiro atoms. The Kier molecular flexibility index (Phi) is 5.78. The van der Waals surface area contributed by atoms with Crippen molar-refractivity contribution in [2.24, 2.45) is 0 Å². The maximum Gasteiger partial charge on any atom is 0.242 e. The van der Waals surface area contributed by atoms with Gasteiger partial charge in [-0.15, -0.1) is 0 Å². The number of nitriles is 2. The van der Waals surface area contributed by atoms with Gasteiger partial charge in [0.15, 0.2) is 0 Å². The molecular formula is C18H22N4O2. The first-order valence-corrected chi connectivity index (χ1v) is 8.04. The van der Waals surface area contributed by atoms with Crippen molar-refractivity contribution in [1.82, 2.24) is 4.90 Å². The Morgan fingerprint density at radius 1 is 1.29 bits per heavy atom. The highest BCUT2D eigenvalue weighted by molar-refractivity contribution is 5.83. The van der Waals surface area contributed by atoms with Gasteiger partial charge in [0.25, 0.3) is 0 Å². The largest absolute Gasteiger partial charge is 0.394 e. The van der Waals surface area contributed by atoms with Gasteiger partial charge in [-0.25, -0.2) is 0 Å². The van der Waals surface area contributed by atoms with Crippen LogP contribution in [-0.2, 0) is 11.2 Å². The van der Waals surface area contributed by atoms with Gasteiger partial charge in [-0.1, -0.05) is 18.2 Å². The zero-order valence-electron chi connectivity index (χ0n) is 13.9. The molecule has 0 aromatic heterocycles. The van der Waals surface area contributed by atoms with E-state index < -0.39 is 5.54 Å². The summed E-state index contributed by atoms with van der Waals surface area (Å²) >= 11 is 0. The van der Waals surface area contributed by atoms with Crippen molar-refractivity contribution in [3.63, 3.8) is 0 Å². The Hall–Kier alpha value is -2.57. The van der Waals surface area contributed by atoms with Crippen LogP contribution in [0.1, 0.15) is 25.3 Å². The van der Waals surface area contributed by atoms with Crippen molar-refractivity contribution < 1.29 is 9.90 Å². The fourth-order valence-corrected chi connectivity index (χ4v) is 3.10. The summed E-state index contributed by atoms with van der Waals surface area (Å²) in [4.78, 5) is 16.2. The highest BCUT2D eigenvalue weighted by Crippen LogP contribution is 2.38. The predicted octanol–water partition coefficient (Wildman–Crippen LogP) is 1.46. The molecule has 0 radical (unpaired) electrons. The zero-order chi connectivity index (χ0) is 17.6. The minimum atomic E-state index is -0.518. The number of benzene rings is 1. The summed E-state index contributed by atoms with van der Waals surface area (Å²) in [7, 11) is 0. The molecule has 1 aliphatic heterocycles. The number of carbonyl (C=O) groups is 1. The third-order valence-corrected chi connectivity index (χ3v) is 4.48. The first-order chi connectivity index (χ1) is 11.6. The number of rotatable bonds is 7. The number of hydrogen-bond acceptors (Lipinski definition) is 5. The highest BCUT2D eigenvalue weighted by Gasteiger charge is 2.40. The van der Waals surface area contributed by atoms with E-state index in [4.69, 9.17) is 10.5 Å². The lowest BCUT2D eigenvalue weighted by molar-refractivity contribution is -0.129. The molecule has 1 unspecified atom stereocenters. The SMILES string of the molecule is CC1(CO)Cc2ccccc2N1CC(=O)N(CCC#N)CCC#N. The number of carbonyl (C=O) groups excluding carboxylic acids is 1. The molecule has 126 valence electrons. The summed E-state index contributed by atoms with van der Waals surface area (Å²) in [5.41, 5.74) is 1.56. The molecule has 6 nitrogen and oxygen atoms in total. The lowest BCUT2D eigenvalue weighted by atomic mass is 9.98. The van der Waals surface area contributed by atoms with Crippen LogP contribution in [0.5, 0.6) is 0 Å². The van der Waals surface area contributed by atoms with Gasteiger partial charge in [-0.05, 0) is 25.0 Å². The van der Waals surface area contributed by atoms with E-state index in [0.717, 1.165) is 11.3 Å². The molecule has 1 aromatic rings. The Morgan fingerprint density at radius 2 is 1.92 bits per heavy atom. The first-order valence-electron chi connectivity index (χ1n) is 8.04. The van der Waals surface area contributed by atoms with Crippen LogP contribution < -0.4 is 4.90 Å². The molecule has 0 bridgehead atoms. The summed E-state index contributed by atoms with van der Waals surface area (Å²) in [6, 6.07) is 11.9. The highest BCUT2D eigenvalue weighted by atomic mass is 16.3. The summed E-state index contributed by atoms with van der Waals surface area (Å²) in [6.45, 7) is 2.66. The van der Waals surface area contributed by atoms with Crippen LogP contribution in [0.4, 0.5) is 5.69 Å². The van der Waals surface area contributed by atoms with Crippen LogP contribution in [0.15, 0.2) is 24.3 Å². The third kappa shape index (κ3) is 3.67. The molecule has 6 heteroatoms. The molecule has 1 N–H and O–H groups in total. The van der Waals surface area contributed by atoms with Gasteiger partial charge in [0.1, 0.15) is 0 Å². The number of fused-ring (bicyclic) bond motifs is 1. The van der Waals surface area contributed by atoms with Crippen molar-refractivity contribution in [3.8, 4) is 12.1 Å². The molecule has 0 saturated heterocycles.